The van der Waals surface area contributed by atoms with Crippen LogP contribution in [0, 0.1) is 11.3 Å². The van der Waals surface area contributed by atoms with Gasteiger partial charge in [0.2, 0.25) is 0 Å². The molecular weight excluding hydrogens is 387 g/mol. The smallest absolute Gasteiger partial charge is 0.0453 e. The molecular formula is C13H16Br2Cl2. The van der Waals surface area contributed by atoms with Crippen LogP contribution in [0.4, 0.5) is 0 Å². The predicted molar refractivity (Wildman–Crippen MR) is 85.0 cm³/mol. The molecule has 0 fully saturated rings. The summed E-state index contributed by atoms with van der Waals surface area (Å²) in [4.78, 5) is 0. The molecule has 0 amide bonds. The van der Waals surface area contributed by atoms with Gasteiger partial charge in [0.1, 0.15) is 0 Å². The van der Waals surface area contributed by atoms with E-state index in [-0.39, 0.29) is 5.41 Å². The highest BCUT2D eigenvalue weighted by Crippen LogP contribution is 2.37. The standard InChI is InChI=1S/C13H16Br2Cl2/c1-9(2)13(7-14,8-15)6-10-3-4-11(16)5-12(10)17/h3-5,9H,6-8H2,1-2H3. The molecule has 0 unspecified atom stereocenters. The molecule has 17 heavy (non-hydrogen) atoms. The first-order chi connectivity index (χ1) is 7.95. The minimum absolute atomic E-state index is 0.178. The van der Waals surface area contributed by atoms with Crippen LogP contribution in [0.15, 0.2) is 18.2 Å². The van der Waals surface area contributed by atoms with Gasteiger partial charge < -0.3 is 0 Å². The summed E-state index contributed by atoms with van der Waals surface area (Å²) in [6.07, 6.45) is 0.942. The fraction of sp³-hybridized carbons (Fsp3) is 0.538. The van der Waals surface area contributed by atoms with Crippen LogP contribution in [0.5, 0.6) is 0 Å². The van der Waals surface area contributed by atoms with E-state index in [9.17, 15) is 0 Å². The molecule has 0 heterocycles. The van der Waals surface area contributed by atoms with Crippen molar-refractivity contribution in [2.45, 2.75) is 20.3 Å². The minimum Gasteiger partial charge on any atom is -0.0921 e. The van der Waals surface area contributed by atoms with Gasteiger partial charge in [-0.15, -0.1) is 0 Å². The van der Waals surface area contributed by atoms with Gasteiger partial charge in [-0.3, -0.25) is 0 Å². The summed E-state index contributed by atoms with van der Waals surface area (Å²) in [5.41, 5.74) is 1.33. The Balaban J connectivity index is 3.01. The molecule has 0 aromatic heterocycles. The Kier molecular flexibility index (Phi) is 6.32. The van der Waals surface area contributed by atoms with E-state index >= 15 is 0 Å². The predicted octanol–water partition coefficient (Wildman–Crippen LogP) is 5.97. The van der Waals surface area contributed by atoms with Crippen molar-refractivity contribution in [3.05, 3.63) is 33.8 Å². The highest BCUT2D eigenvalue weighted by atomic mass is 79.9. The van der Waals surface area contributed by atoms with E-state index in [2.05, 4.69) is 45.7 Å². The monoisotopic (exact) mass is 400 g/mol. The van der Waals surface area contributed by atoms with E-state index in [1.54, 1.807) is 0 Å². The molecule has 0 bridgehead atoms. The van der Waals surface area contributed by atoms with Crippen LogP contribution >= 0.6 is 55.1 Å². The maximum Gasteiger partial charge on any atom is 0.0453 e. The molecule has 1 aromatic rings. The van der Waals surface area contributed by atoms with Gasteiger partial charge in [0.05, 0.1) is 0 Å². The average molecular weight is 403 g/mol. The van der Waals surface area contributed by atoms with Gasteiger partial charge in [0.25, 0.3) is 0 Å². The van der Waals surface area contributed by atoms with Crippen molar-refractivity contribution in [1.29, 1.82) is 0 Å². The molecule has 0 N–H and O–H groups in total. The van der Waals surface area contributed by atoms with Crippen LogP contribution in [0.2, 0.25) is 10.0 Å². The van der Waals surface area contributed by atoms with Crippen molar-refractivity contribution in [1.82, 2.24) is 0 Å². The lowest BCUT2D eigenvalue weighted by atomic mass is 9.76. The molecule has 0 spiro atoms. The summed E-state index contributed by atoms with van der Waals surface area (Å²) in [6.45, 7) is 4.48. The molecule has 0 radical (unpaired) electrons. The lowest BCUT2D eigenvalue weighted by molar-refractivity contribution is 0.268. The molecule has 4 heteroatoms. The first-order valence-electron chi connectivity index (χ1n) is 5.51. The Bertz CT molecular complexity index is 374. The maximum absolute atomic E-state index is 6.24. The Labute approximate surface area is 130 Å². The minimum atomic E-state index is 0.178. The second-order valence-electron chi connectivity index (χ2n) is 4.70. The molecule has 1 aromatic carbocycles. The fourth-order valence-electron chi connectivity index (χ4n) is 1.69. The zero-order valence-corrected chi connectivity index (χ0v) is 14.6. The van der Waals surface area contributed by atoms with Crippen molar-refractivity contribution in [2.24, 2.45) is 11.3 Å². The van der Waals surface area contributed by atoms with Gasteiger partial charge in [0, 0.05) is 20.7 Å². The summed E-state index contributed by atoms with van der Waals surface area (Å²) < 4.78 is 0. The first-order valence-corrected chi connectivity index (χ1v) is 8.51. The van der Waals surface area contributed by atoms with Crippen molar-refractivity contribution in [2.75, 3.05) is 10.7 Å². The van der Waals surface area contributed by atoms with Crippen LogP contribution in [0.25, 0.3) is 0 Å². The van der Waals surface area contributed by atoms with Crippen LogP contribution in [-0.2, 0) is 6.42 Å². The molecule has 0 aliphatic heterocycles. The quantitative estimate of drug-likeness (QED) is 0.532. The van der Waals surface area contributed by atoms with E-state index in [0.29, 0.717) is 10.9 Å². The average Bonchev–Trinajstić information content (AvgIpc) is 2.28. The molecule has 1 rings (SSSR count). The topological polar surface area (TPSA) is 0 Å². The van der Waals surface area contributed by atoms with Crippen molar-refractivity contribution >= 4 is 55.1 Å². The van der Waals surface area contributed by atoms with Gasteiger partial charge in [0.15, 0.2) is 0 Å². The van der Waals surface area contributed by atoms with Gasteiger partial charge >= 0.3 is 0 Å². The summed E-state index contributed by atoms with van der Waals surface area (Å²) >= 11 is 19.4. The zero-order valence-electron chi connectivity index (χ0n) is 9.94. The second-order valence-corrected chi connectivity index (χ2v) is 6.66. The fourth-order valence-corrected chi connectivity index (χ4v) is 4.78. The second kappa shape index (κ2) is 6.79. The van der Waals surface area contributed by atoms with Crippen molar-refractivity contribution in [3.63, 3.8) is 0 Å². The van der Waals surface area contributed by atoms with E-state index in [1.165, 1.54) is 0 Å². The van der Waals surface area contributed by atoms with Gasteiger partial charge in [-0.05, 0) is 35.4 Å². The van der Waals surface area contributed by atoms with Gasteiger partial charge in [-0.1, -0.05) is 75.0 Å². The first kappa shape index (κ1) is 15.8. The Morgan fingerprint density at radius 2 is 1.76 bits per heavy atom. The third kappa shape index (κ3) is 3.86. The van der Waals surface area contributed by atoms with E-state index < -0.39 is 0 Å². The molecule has 0 nitrogen and oxygen atoms in total. The van der Waals surface area contributed by atoms with Gasteiger partial charge in [-0.2, -0.15) is 0 Å². The zero-order chi connectivity index (χ0) is 13.1. The molecule has 0 aliphatic carbocycles. The maximum atomic E-state index is 6.24. The number of hydrogen-bond acceptors (Lipinski definition) is 0. The summed E-state index contributed by atoms with van der Waals surface area (Å²) in [5.74, 6) is 0.563. The molecule has 0 saturated carbocycles. The van der Waals surface area contributed by atoms with Gasteiger partial charge in [-0.25, -0.2) is 0 Å². The molecule has 0 saturated heterocycles. The number of hydrogen-bond donors (Lipinski definition) is 0. The lowest BCUT2D eigenvalue weighted by Gasteiger charge is -2.34. The number of rotatable bonds is 5. The number of alkyl halides is 2. The third-order valence-corrected chi connectivity index (χ3v) is 6.14. The van der Waals surface area contributed by atoms with E-state index in [1.807, 2.05) is 18.2 Å². The van der Waals surface area contributed by atoms with Crippen molar-refractivity contribution < 1.29 is 0 Å². The molecule has 0 aliphatic rings. The van der Waals surface area contributed by atoms with Crippen LogP contribution in [-0.4, -0.2) is 10.7 Å². The largest absolute Gasteiger partial charge is 0.0921 e. The summed E-state index contributed by atoms with van der Waals surface area (Å²) in [7, 11) is 0. The number of benzene rings is 1. The SMILES string of the molecule is CC(C)C(CBr)(CBr)Cc1ccc(Cl)cc1Cl. The summed E-state index contributed by atoms with van der Waals surface area (Å²) in [6, 6.07) is 5.73. The molecule has 96 valence electrons. The van der Waals surface area contributed by atoms with E-state index in [0.717, 1.165) is 27.7 Å². The third-order valence-electron chi connectivity index (χ3n) is 3.31. The lowest BCUT2D eigenvalue weighted by Crippen LogP contribution is -2.33. The normalized spacial score (nSPS) is 12.2. The number of halogens is 4. The highest BCUT2D eigenvalue weighted by molar-refractivity contribution is 9.09. The summed E-state index contributed by atoms with van der Waals surface area (Å²) in [5, 5.41) is 3.33. The Hall–Kier alpha value is 0.760. The molecule has 0 atom stereocenters. The van der Waals surface area contributed by atoms with Crippen LogP contribution < -0.4 is 0 Å². The van der Waals surface area contributed by atoms with Crippen LogP contribution in [0.1, 0.15) is 19.4 Å². The van der Waals surface area contributed by atoms with E-state index in [4.69, 9.17) is 23.2 Å². The highest BCUT2D eigenvalue weighted by Gasteiger charge is 2.32. The van der Waals surface area contributed by atoms with Crippen molar-refractivity contribution in [3.8, 4) is 0 Å². The Morgan fingerprint density at radius 1 is 1.18 bits per heavy atom. The van der Waals surface area contributed by atoms with Crippen LogP contribution in [0.3, 0.4) is 0 Å². The Morgan fingerprint density at radius 3 is 2.18 bits per heavy atom.